The molecular formula is C49H92NO7P. The van der Waals surface area contributed by atoms with Gasteiger partial charge in [-0.15, -0.1) is 0 Å². The van der Waals surface area contributed by atoms with Crippen LogP contribution >= 0.6 is 7.82 Å². The van der Waals surface area contributed by atoms with Crippen molar-refractivity contribution in [3.05, 3.63) is 48.6 Å². The minimum atomic E-state index is -4.28. The lowest BCUT2D eigenvalue weighted by Gasteiger charge is -2.20. The van der Waals surface area contributed by atoms with E-state index in [-0.39, 0.29) is 32.3 Å². The molecule has 9 heteroatoms. The second-order valence-corrected chi connectivity index (χ2v) is 17.4. The van der Waals surface area contributed by atoms with Crippen LogP contribution in [-0.2, 0) is 27.9 Å². The van der Waals surface area contributed by atoms with Crippen LogP contribution in [0.2, 0.25) is 0 Å². The van der Waals surface area contributed by atoms with Crippen LogP contribution in [0.1, 0.15) is 219 Å². The average molecular weight is 838 g/mol. The summed E-state index contributed by atoms with van der Waals surface area (Å²) in [5.74, 6) is -0.335. The molecule has 0 amide bonds. The number of phosphoric acid groups is 1. The van der Waals surface area contributed by atoms with E-state index in [0.717, 1.165) is 64.2 Å². The number of carbonyl (C=O) groups is 1. The van der Waals surface area contributed by atoms with Gasteiger partial charge in [-0.2, -0.15) is 0 Å². The Morgan fingerprint density at radius 3 is 1.47 bits per heavy atom. The maximum atomic E-state index is 12.6. The van der Waals surface area contributed by atoms with E-state index in [1.165, 1.54) is 135 Å². The minimum Gasteiger partial charge on any atom is -0.457 e. The number of ether oxygens (including phenoxy) is 2. The van der Waals surface area contributed by atoms with Gasteiger partial charge in [-0.25, -0.2) is 4.57 Å². The number of phosphoric ester groups is 1. The Kier molecular flexibility index (Phi) is 45.3. The van der Waals surface area contributed by atoms with E-state index >= 15 is 0 Å². The first-order valence-corrected chi connectivity index (χ1v) is 25.6. The smallest absolute Gasteiger partial charge is 0.457 e. The maximum absolute atomic E-state index is 12.6. The number of hydrogen-bond acceptors (Lipinski definition) is 7. The summed E-state index contributed by atoms with van der Waals surface area (Å²) in [5.41, 5.74) is 5.38. The number of rotatable bonds is 46. The normalized spacial score (nSPS) is 13.8. The molecule has 0 aliphatic rings. The van der Waals surface area contributed by atoms with Crippen LogP contribution in [0.5, 0.6) is 0 Å². The monoisotopic (exact) mass is 838 g/mol. The van der Waals surface area contributed by atoms with Crippen molar-refractivity contribution in [2.75, 3.05) is 33.0 Å². The van der Waals surface area contributed by atoms with Crippen molar-refractivity contribution in [3.63, 3.8) is 0 Å². The third kappa shape index (κ3) is 45.5. The second kappa shape index (κ2) is 46.5. The summed E-state index contributed by atoms with van der Waals surface area (Å²) in [6.07, 6.45) is 55.7. The van der Waals surface area contributed by atoms with Crippen LogP contribution in [0, 0.1) is 0 Å². The van der Waals surface area contributed by atoms with Crippen molar-refractivity contribution in [3.8, 4) is 0 Å². The molecule has 0 saturated heterocycles. The van der Waals surface area contributed by atoms with Gasteiger partial charge in [0, 0.05) is 19.6 Å². The lowest BCUT2D eigenvalue weighted by molar-refractivity contribution is -0.154. The number of carbonyl (C=O) groups excluding carboxylic acids is 1. The molecule has 2 atom stereocenters. The Hall–Kier alpha value is -1.54. The number of hydrogen-bond donors (Lipinski definition) is 2. The molecule has 0 rings (SSSR count). The van der Waals surface area contributed by atoms with Gasteiger partial charge in [-0.1, -0.05) is 191 Å². The molecule has 0 fully saturated rings. The molecule has 0 spiro atoms. The van der Waals surface area contributed by atoms with E-state index in [1.807, 2.05) is 0 Å². The van der Waals surface area contributed by atoms with Crippen LogP contribution in [0.15, 0.2) is 48.6 Å². The lowest BCUT2D eigenvalue weighted by Crippen LogP contribution is -2.28. The molecule has 58 heavy (non-hydrogen) atoms. The van der Waals surface area contributed by atoms with Gasteiger partial charge < -0.3 is 20.1 Å². The topological polar surface area (TPSA) is 117 Å². The van der Waals surface area contributed by atoms with Crippen LogP contribution in [0.25, 0.3) is 0 Å². The van der Waals surface area contributed by atoms with E-state index in [4.69, 9.17) is 24.3 Å². The minimum absolute atomic E-state index is 0.0969. The highest BCUT2D eigenvalue weighted by atomic mass is 31.2. The highest BCUT2D eigenvalue weighted by Gasteiger charge is 2.25. The van der Waals surface area contributed by atoms with Crippen LogP contribution < -0.4 is 5.73 Å². The van der Waals surface area contributed by atoms with Crippen molar-refractivity contribution in [2.24, 2.45) is 5.73 Å². The Morgan fingerprint density at radius 2 is 0.966 bits per heavy atom. The molecule has 3 N–H and O–H groups in total. The lowest BCUT2D eigenvalue weighted by atomic mass is 10.0. The van der Waals surface area contributed by atoms with Gasteiger partial charge in [-0.05, 0) is 70.6 Å². The van der Waals surface area contributed by atoms with Gasteiger partial charge in [0.1, 0.15) is 6.10 Å². The van der Waals surface area contributed by atoms with Crippen LogP contribution in [0.3, 0.4) is 0 Å². The number of esters is 1. The van der Waals surface area contributed by atoms with E-state index in [9.17, 15) is 14.3 Å². The van der Waals surface area contributed by atoms with E-state index < -0.39 is 13.9 Å². The average Bonchev–Trinajstić information content (AvgIpc) is 3.21. The van der Waals surface area contributed by atoms with Crippen molar-refractivity contribution in [1.82, 2.24) is 0 Å². The van der Waals surface area contributed by atoms with E-state index in [2.05, 4.69) is 62.5 Å². The quantitative estimate of drug-likeness (QED) is 0.0269. The molecule has 340 valence electrons. The second-order valence-electron chi connectivity index (χ2n) is 15.9. The fraction of sp³-hybridized carbons (Fsp3) is 0.816. The maximum Gasteiger partial charge on any atom is 0.472 e. The van der Waals surface area contributed by atoms with Gasteiger partial charge in [0.2, 0.25) is 0 Å². The fourth-order valence-electron chi connectivity index (χ4n) is 6.71. The summed E-state index contributed by atoms with van der Waals surface area (Å²) in [6.45, 7) is 4.80. The molecule has 8 nitrogen and oxygen atoms in total. The Labute approximate surface area is 358 Å². The van der Waals surface area contributed by atoms with Gasteiger partial charge in [0.05, 0.1) is 19.8 Å². The van der Waals surface area contributed by atoms with E-state index in [1.54, 1.807) is 0 Å². The van der Waals surface area contributed by atoms with Crippen molar-refractivity contribution >= 4 is 13.8 Å². The zero-order valence-electron chi connectivity index (χ0n) is 37.8. The first kappa shape index (κ1) is 56.5. The van der Waals surface area contributed by atoms with Gasteiger partial charge in [-0.3, -0.25) is 13.8 Å². The van der Waals surface area contributed by atoms with Gasteiger partial charge in [0.15, 0.2) is 0 Å². The summed E-state index contributed by atoms with van der Waals surface area (Å²) in [6, 6.07) is 0. The summed E-state index contributed by atoms with van der Waals surface area (Å²) in [5, 5.41) is 0. The molecule has 0 aromatic heterocycles. The number of allylic oxidation sites excluding steroid dienone is 8. The molecule has 0 aromatic carbocycles. The summed E-state index contributed by atoms with van der Waals surface area (Å²) in [4.78, 5) is 22.6. The molecule has 2 unspecified atom stereocenters. The molecule has 0 aliphatic heterocycles. The molecule has 0 heterocycles. The van der Waals surface area contributed by atoms with Gasteiger partial charge in [0.25, 0.3) is 0 Å². The summed E-state index contributed by atoms with van der Waals surface area (Å²) in [7, 11) is -4.28. The molecule has 0 saturated carbocycles. The highest BCUT2D eigenvalue weighted by molar-refractivity contribution is 7.47. The fourth-order valence-corrected chi connectivity index (χ4v) is 7.48. The first-order chi connectivity index (χ1) is 28.4. The SMILES string of the molecule is CC/C=C\C/C=C\C/C=C\CCCCCCCCOCC(COP(=O)(O)OCCN)OC(=O)CCCCCCCCCCCCC/C=C\CCCCCCCCCC. The zero-order chi connectivity index (χ0) is 42.3. The predicted octanol–water partition coefficient (Wildman–Crippen LogP) is 14.8. The third-order valence-corrected chi connectivity index (χ3v) is 11.2. The Balaban J connectivity index is 3.96. The van der Waals surface area contributed by atoms with Crippen molar-refractivity contribution in [2.45, 2.75) is 225 Å². The van der Waals surface area contributed by atoms with Crippen molar-refractivity contribution < 1.29 is 32.8 Å². The molecule has 0 aliphatic carbocycles. The Morgan fingerprint density at radius 1 is 0.534 bits per heavy atom. The molecule has 0 aromatic rings. The summed E-state index contributed by atoms with van der Waals surface area (Å²) >= 11 is 0. The van der Waals surface area contributed by atoms with Crippen LogP contribution in [-0.4, -0.2) is 49.9 Å². The number of nitrogens with two attached hydrogens (primary N) is 1. The largest absolute Gasteiger partial charge is 0.472 e. The van der Waals surface area contributed by atoms with Crippen LogP contribution in [0.4, 0.5) is 0 Å². The zero-order valence-corrected chi connectivity index (χ0v) is 38.7. The molecule has 0 radical (unpaired) electrons. The molecular weight excluding hydrogens is 746 g/mol. The summed E-state index contributed by atoms with van der Waals surface area (Å²) < 4.78 is 33.5. The number of unbranched alkanes of at least 4 members (excludes halogenated alkanes) is 25. The highest BCUT2D eigenvalue weighted by Crippen LogP contribution is 2.43. The Bertz CT molecular complexity index is 1030. The van der Waals surface area contributed by atoms with Gasteiger partial charge >= 0.3 is 13.8 Å². The van der Waals surface area contributed by atoms with Crippen molar-refractivity contribution in [1.29, 1.82) is 0 Å². The molecule has 0 bridgehead atoms. The standard InChI is InChI=1S/C49H92NO7P/c1-3-5-7-9-11-13-15-17-19-21-22-23-24-25-26-27-28-30-32-34-36-38-40-42-49(51)57-48(47-56-58(52,53)55-45-43-50)46-54-44-41-39-37-35-33-31-29-20-18-16-14-12-10-8-6-4-2/h6,8,12,14,18,20-22,48H,3-5,7,9-11,13,15-17,19,23-47,50H2,1-2H3,(H,52,53)/b8-6-,14-12-,20-18-,22-21-. The first-order valence-electron chi connectivity index (χ1n) is 24.1. The van der Waals surface area contributed by atoms with E-state index in [0.29, 0.717) is 13.0 Å². The third-order valence-electron chi connectivity index (χ3n) is 10.2. The predicted molar refractivity (Wildman–Crippen MR) is 247 cm³/mol.